The van der Waals surface area contributed by atoms with E-state index in [0.717, 1.165) is 24.0 Å². The van der Waals surface area contributed by atoms with Gasteiger partial charge in [0.25, 0.3) is 0 Å². The quantitative estimate of drug-likeness (QED) is 0.109. The summed E-state index contributed by atoms with van der Waals surface area (Å²) in [4.78, 5) is 33.3. The number of ether oxygens (including phenoxy) is 4. The van der Waals surface area contributed by atoms with E-state index in [2.05, 4.69) is 37.9 Å². The van der Waals surface area contributed by atoms with Crippen molar-refractivity contribution in [2.45, 2.75) is 77.1 Å². The topological polar surface area (TPSA) is 84.0 Å². The Morgan fingerprint density at radius 2 is 1.53 bits per heavy atom. The molecule has 8 heteroatoms. The number of esters is 2. The van der Waals surface area contributed by atoms with Crippen molar-refractivity contribution in [1.82, 2.24) is 4.98 Å². The minimum Gasteiger partial charge on any atom is -0.481 e. The normalized spacial score (nSPS) is 19.0. The summed E-state index contributed by atoms with van der Waals surface area (Å²) < 4.78 is 24.1. The van der Waals surface area contributed by atoms with Crippen molar-refractivity contribution in [3.8, 4) is 17.0 Å². The molecule has 258 valence electrons. The van der Waals surface area contributed by atoms with E-state index >= 15 is 0 Å². The van der Waals surface area contributed by atoms with Crippen LogP contribution in [-0.4, -0.2) is 37.2 Å². The molecule has 0 spiro atoms. The molecule has 0 bridgehead atoms. The van der Waals surface area contributed by atoms with Crippen molar-refractivity contribution in [1.29, 1.82) is 0 Å². The number of carbonyl (C=O) groups is 2. The fourth-order valence-corrected chi connectivity index (χ4v) is 7.38. The molecule has 1 aliphatic carbocycles. The SMILES string of the molecule is CC[C@@](OC(=O)c1ccc(-c2ccccc2)cc1)(C(=O)OC1C[C@H](C)CC[C@H]1C(C)(C)c1ccccc1)c1cc(Cl)nc(OC)c1COC. The van der Waals surface area contributed by atoms with E-state index in [4.69, 9.17) is 30.5 Å². The Kier molecular flexibility index (Phi) is 11.5. The van der Waals surface area contributed by atoms with Crippen molar-refractivity contribution in [3.05, 3.63) is 118 Å². The summed E-state index contributed by atoms with van der Waals surface area (Å²) in [6.45, 7) is 8.42. The molecular formula is C41H46ClNO6. The zero-order valence-corrected chi connectivity index (χ0v) is 30.0. The lowest BCUT2D eigenvalue weighted by Crippen LogP contribution is -2.48. The second-order valence-corrected chi connectivity index (χ2v) is 13.9. The number of carbonyl (C=O) groups excluding carboxylic acids is 2. The molecule has 1 unspecified atom stereocenters. The first-order chi connectivity index (χ1) is 23.5. The molecule has 1 fully saturated rings. The van der Waals surface area contributed by atoms with Gasteiger partial charge in [-0.3, -0.25) is 0 Å². The first-order valence-corrected chi connectivity index (χ1v) is 17.3. The number of pyridine rings is 1. The molecule has 1 heterocycles. The molecule has 7 nitrogen and oxygen atoms in total. The molecule has 0 amide bonds. The second-order valence-electron chi connectivity index (χ2n) is 13.5. The van der Waals surface area contributed by atoms with Crippen molar-refractivity contribution in [2.75, 3.05) is 14.2 Å². The Hall–Kier alpha value is -4.20. The highest BCUT2D eigenvalue weighted by atomic mass is 35.5. The Bertz CT molecular complexity index is 1730. The first-order valence-electron chi connectivity index (χ1n) is 16.9. The van der Waals surface area contributed by atoms with E-state index in [1.807, 2.05) is 60.7 Å². The molecule has 5 rings (SSSR count). The first kappa shape index (κ1) is 36.1. The monoisotopic (exact) mass is 683 g/mol. The van der Waals surface area contributed by atoms with Crippen molar-refractivity contribution in [3.63, 3.8) is 0 Å². The van der Waals surface area contributed by atoms with E-state index in [1.54, 1.807) is 25.1 Å². The van der Waals surface area contributed by atoms with Crippen LogP contribution in [0.5, 0.6) is 5.88 Å². The van der Waals surface area contributed by atoms with Crippen molar-refractivity contribution in [2.24, 2.45) is 11.8 Å². The van der Waals surface area contributed by atoms with Crippen LogP contribution in [0.4, 0.5) is 0 Å². The van der Waals surface area contributed by atoms with Gasteiger partial charge in [-0.05, 0) is 65.5 Å². The van der Waals surface area contributed by atoms with Crippen LogP contribution in [0.2, 0.25) is 5.15 Å². The maximum Gasteiger partial charge on any atom is 0.355 e. The molecule has 49 heavy (non-hydrogen) atoms. The smallest absolute Gasteiger partial charge is 0.355 e. The minimum atomic E-state index is -1.88. The maximum absolute atomic E-state index is 14.9. The van der Waals surface area contributed by atoms with Gasteiger partial charge in [-0.15, -0.1) is 0 Å². The summed E-state index contributed by atoms with van der Waals surface area (Å²) in [6, 6.07) is 28.9. The Balaban J connectivity index is 1.57. The van der Waals surface area contributed by atoms with Gasteiger partial charge in [0.2, 0.25) is 11.5 Å². The van der Waals surface area contributed by atoms with Crippen LogP contribution < -0.4 is 4.74 Å². The number of halogens is 1. The lowest BCUT2D eigenvalue weighted by Gasteiger charge is -2.45. The van der Waals surface area contributed by atoms with E-state index in [0.29, 0.717) is 29.0 Å². The molecule has 0 saturated heterocycles. The summed E-state index contributed by atoms with van der Waals surface area (Å²) >= 11 is 6.54. The van der Waals surface area contributed by atoms with Gasteiger partial charge >= 0.3 is 11.9 Å². The average molecular weight is 684 g/mol. The third-order valence-electron chi connectivity index (χ3n) is 10.1. The number of hydrogen-bond donors (Lipinski definition) is 0. The number of aromatic nitrogens is 1. The summed E-state index contributed by atoms with van der Waals surface area (Å²) in [6.07, 6.45) is 2.24. The van der Waals surface area contributed by atoms with Gasteiger partial charge < -0.3 is 18.9 Å². The van der Waals surface area contributed by atoms with Crippen LogP contribution in [-0.2, 0) is 36.6 Å². The Labute approximate surface area is 294 Å². The third kappa shape index (κ3) is 7.68. The lowest BCUT2D eigenvalue weighted by atomic mass is 9.64. The predicted molar refractivity (Wildman–Crippen MR) is 192 cm³/mol. The number of methoxy groups -OCH3 is 2. The molecule has 0 aliphatic heterocycles. The van der Waals surface area contributed by atoms with Gasteiger partial charge in [-0.2, -0.15) is 0 Å². The molecule has 3 aromatic carbocycles. The van der Waals surface area contributed by atoms with Gasteiger partial charge in [0.05, 0.1) is 19.3 Å². The van der Waals surface area contributed by atoms with E-state index in [1.165, 1.54) is 19.8 Å². The molecule has 4 atom stereocenters. The van der Waals surface area contributed by atoms with Gasteiger partial charge in [-0.1, -0.05) is 119 Å². The van der Waals surface area contributed by atoms with Gasteiger partial charge in [0.1, 0.15) is 11.3 Å². The highest BCUT2D eigenvalue weighted by Crippen LogP contribution is 2.46. The molecular weight excluding hydrogens is 638 g/mol. The second kappa shape index (κ2) is 15.6. The lowest BCUT2D eigenvalue weighted by molar-refractivity contribution is -0.181. The summed E-state index contributed by atoms with van der Waals surface area (Å²) in [5, 5.41) is 0.0787. The molecule has 4 aromatic rings. The summed E-state index contributed by atoms with van der Waals surface area (Å²) in [5.74, 6) is -0.792. The van der Waals surface area contributed by atoms with E-state index in [9.17, 15) is 9.59 Å². The number of rotatable bonds is 12. The Morgan fingerprint density at radius 1 is 0.898 bits per heavy atom. The molecule has 0 N–H and O–H groups in total. The van der Waals surface area contributed by atoms with E-state index < -0.39 is 23.6 Å². The van der Waals surface area contributed by atoms with Crippen LogP contribution in [0.15, 0.2) is 91.0 Å². The predicted octanol–water partition coefficient (Wildman–Crippen LogP) is 9.35. The molecule has 1 saturated carbocycles. The van der Waals surface area contributed by atoms with Gasteiger partial charge in [0, 0.05) is 24.2 Å². The van der Waals surface area contributed by atoms with Crippen LogP contribution in [0, 0.1) is 11.8 Å². The summed E-state index contributed by atoms with van der Waals surface area (Å²) in [7, 11) is 3.00. The molecule has 1 aliphatic rings. The van der Waals surface area contributed by atoms with Crippen LogP contribution in [0.3, 0.4) is 0 Å². The van der Waals surface area contributed by atoms with Crippen LogP contribution in [0.1, 0.15) is 80.4 Å². The third-order valence-corrected chi connectivity index (χ3v) is 10.2. The fourth-order valence-electron chi connectivity index (χ4n) is 7.19. The largest absolute Gasteiger partial charge is 0.481 e. The van der Waals surface area contributed by atoms with Gasteiger partial charge in [-0.25, -0.2) is 14.6 Å². The van der Waals surface area contributed by atoms with E-state index in [-0.39, 0.29) is 35.4 Å². The number of benzene rings is 3. The van der Waals surface area contributed by atoms with Gasteiger partial charge in [0.15, 0.2) is 0 Å². The average Bonchev–Trinajstić information content (AvgIpc) is 3.12. The number of nitrogens with zero attached hydrogens (tertiary/aromatic N) is 1. The highest BCUT2D eigenvalue weighted by Gasteiger charge is 2.50. The fraction of sp³-hybridized carbons (Fsp3) is 0.390. The Morgan fingerprint density at radius 3 is 2.14 bits per heavy atom. The number of hydrogen-bond acceptors (Lipinski definition) is 7. The standard InChI is InChI=1S/C41H46ClNO6/c1-7-41(34-25-36(42)43-37(47-6)32(34)26-46-5,49-38(44)30-21-19-29(20-22-30)28-14-10-8-11-15-28)39(45)48-35-24-27(2)18-23-33(35)40(3,4)31-16-12-9-13-17-31/h8-17,19-22,25,27,33,35H,7,18,23-24,26H2,1-6H3/t27-,33-,35?,41+/m1/s1. The van der Waals surface area contributed by atoms with Crippen molar-refractivity contribution < 1.29 is 28.5 Å². The van der Waals surface area contributed by atoms with Crippen LogP contribution in [0.25, 0.3) is 11.1 Å². The van der Waals surface area contributed by atoms with Crippen molar-refractivity contribution >= 4 is 23.5 Å². The zero-order chi connectivity index (χ0) is 35.2. The summed E-state index contributed by atoms with van der Waals surface area (Å²) in [5.41, 5.74) is 2.02. The zero-order valence-electron chi connectivity index (χ0n) is 29.2. The van der Waals surface area contributed by atoms with Crippen LogP contribution >= 0.6 is 11.6 Å². The molecule has 1 aromatic heterocycles. The molecule has 0 radical (unpaired) electrons. The maximum atomic E-state index is 14.9. The minimum absolute atomic E-state index is 0.0276. The highest BCUT2D eigenvalue weighted by molar-refractivity contribution is 6.29.